The van der Waals surface area contributed by atoms with E-state index in [1.807, 2.05) is 31.2 Å². The molecule has 7 heteroatoms. The summed E-state index contributed by atoms with van der Waals surface area (Å²) in [4.78, 5) is 12.2. The van der Waals surface area contributed by atoms with Crippen molar-refractivity contribution in [1.29, 1.82) is 0 Å². The maximum absolute atomic E-state index is 13.7. The van der Waals surface area contributed by atoms with E-state index in [2.05, 4.69) is 31.9 Å². The third-order valence-electron chi connectivity index (χ3n) is 4.24. The lowest BCUT2D eigenvalue weighted by Crippen LogP contribution is -2.30. The van der Waals surface area contributed by atoms with Crippen LogP contribution in [0.1, 0.15) is 28.9 Å². The predicted octanol–water partition coefficient (Wildman–Crippen LogP) is 5.89. The Balaban J connectivity index is 1.56. The summed E-state index contributed by atoms with van der Waals surface area (Å²) < 4.78 is 14.7. The Hall–Kier alpha value is -2.77. The van der Waals surface area contributed by atoms with Crippen LogP contribution in [0.25, 0.3) is 0 Å². The highest BCUT2D eigenvalue weighted by atomic mass is 79.9. The van der Waals surface area contributed by atoms with Crippen molar-refractivity contribution >= 4 is 50.5 Å². The van der Waals surface area contributed by atoms with E-state index in [4.69, 9.17) is 12.2 Å². The Morgan fingerprint density at radius 1 is 0.931 bits per heavy atom. The largest absolute Gasteiger partial charge is 0.356 e. The molecule has 0 heterocycles. The Morgan fingerprint density at radius 2 is 1.52 bits per heavy atom. The van der Waals surface area contributed by atoms with Crippen molar-refractivity contribution < 1.29 is 9.18 Å². The lowest BCUT2D eigenvalue weighted by Gasteiger charge is -2.17. The number of hydrogen-bond acceptors (Lipinski definition) is 2. The molecule has 4 nitrogen and oxygen atoms in total. The monoisotopic (exact) mass is 471 g/mol. The van der Waals surface area contributed by atoms with Crippen LogP contribution in [-0.4, -0.2) is 11.0 Å². The number of thiocarbonyl (C=S) groups is 1. The van der Waals surface area contributed by atoms with E-state index in [1.54, 1.807) is 36.4 Å². The molecule has 0 aliphatic rings. The highest BCUT2D eigenvalue weighted by Gasteiger charge is 2.11. The molecule has 0 saturated heterocycles. The molecule has 3 aromatic rings. The van der Waals surface area contributed by atoms with Crippen LogP contribution in [0.3, 0.4) is 0 Å². The molecule has 0 saturated carbocycles. The van der Waals surface area contributed by atoms with Gasteiger partial charge < -0.3 is 16.0 Å². The lowest BCUT2D eigenvalue weighted by molar-refractivity contribution is 0.102. The van der Waals surface area contributed by atoms with Crippen LogP contribution in [0.15, 0.2) is 77.3 Å². The second-order valence-corrected chi connectivity index (χ2v) is 7.71. The zero-order chi connectivity index (χ0) is 20.8. The summed E-state index contributed by atoms with van der Waals surface area (Å²) in [6, 6.07) is 20.9. The van der Waals surface area contributed by atoms with E-state index in [9.17, 15) is 9.18 Å². The third kappa shape index (κ3) is 5.85. The topological polar surface area (TPSA) is 53.2 Å². The number of hydrogen-bond donors (Lipinski definition) is 3. The van der Waals surface area contributed by atoms with Crippen LogP contribution >= 0.6 is 28.1 Å². The second-order valence-electron chi connectivity index (χ2n) is 6.38. The van der Waals surface area contributed by atoms with Crippen LogP contribution in [0.2, 0.25) is 0 Å². The summed E-state index contributed by atoms with van der Waals surface area (Å²) in [7, 11) is 0. The summed E-state index contributed by atoms with van der Waals surface area (Å²) in [6.07, 6.45) is 0. The first-order valence-corrected chi connectivity index (χ1v) is 10.1. The molecule has 3 rings (SSSR count). The van der Waals surface area contributed by atoms with Crippen LogP contribution in [0.5, 0.6) is 0 Å². The van der Waals surface area contributed by atoms with Crippen molar-refractivity contribution in [2.75, 3.05) is 10.6 Å². The van der Waals surface area contributed by atoms with Gasteiger partial charge in [-0.2, -0.15) is 0 Å². The average Bonchev–Trinajstić information content (AvgIpc) is 2.70. The highest BCUT2D eigenvalue weighted by Crippen LogP contribution is 2.18. The average molecular weight is 472 g/mol. The molecule has 3 N–H and O–H groups in total. The van der Waals surface area contributed by atoms with Crippen LogP contribution in [0, 0.1) is 5.82 Å². The smallest absolute Gasteiger partial charge is 0.258 e. The zero-order valence-electron chi connectivity index (χ0n) is 15.6. The highest BCUT2D eigenvalue weighted by molar-refractivity contribution is 9.10. The Labute approximate surface area is 182 Å². The molecule has 1 amide bonds. The van der Waals surface area contributed by atoms with Gasteiger partial charge in [0.05, 0.1) is 11.6 Å². The Kier molecular flexibility index (Phi) is 6.95. The van der Waals surface area contributed by atoms with Crippen molar-refractivity contribution in [3.63, 3.8) is 0 Å². The molecule has 0 fully saturated rings. The zero-order valence-corrected chi connectivity index (χ0v) is 18.0. The van der Waals surface area contributed by atoms with E-state index in [0.29, 0.717) is 10.8 Å². The number of carbonyl (C=O) groups excluding carboxylic acids is 1. The molecule has 29 heavy (non-hydrogen) atoms. The number of carbonyl (C=O) groups is 1. The SMILES string of the molecule is C[C@@H](NC(=S)Nc1ccc(NC(=O)c2ccccc2F)cc1)c1ccc(Br)cc1. The number of amides is 1. The first kappa shape index (κ1) is 21.0. The maximum atomic E-state index is 13.7. The molecule has 148 valence electrons. The van der Waals surface area contributed by atoms with Crippen molar-refractivity contribution in [2.45, 2.75) is 13.0 Å². The molecule has 0 aliphatic heterocycles. The fourth-order valence-corrected chi connectivity index (χ4v) is 3.24. The van der Waals surface area contributed by atoms with Gasteiger partial charge in [0.25, 0.3) is 5.91 Å². The van der Waals surface area contributed by atoms with E-state index in [0.717, 1.165) is 15.7 Å². The van der Waals surface area contributed by atoms with Gasteiger partial charge >= 0.3 is 0 Å². The maximum Gasteiger partial charge on any atom is 0.258 e. The molecule has 0 radical (unpaired) electrons. The summed E-state index contributed by atoms with van der Waals surface area (Å²) in [6.45, 7) is 2.03. The molecule has 0 spiro atoms. The molecule has 1 atom stereocenters. The minimum absolute atomic E-state index is 0.00186. The molecule has 3 aromatic carbocycles. The summed E-state index contributed by atoms with van der Waals surface area (Å²) >= 11 is 8.80. The molecular weight excluding hydrogens is 453 g/mol. The second kappa shape index (κ2) is 9.62. The first-order valence-electron chi connectivity index (χ1n) is 8.91. The van der Waals surface area contributed by atoms with E-state index in [-0.39, 0.29) is 11.6 Å². The van der Waals surface area contributed by atoms with Crippen molar-refractivity contribution in [1.82, 2.24) is 5.32 Å². The van der Waals surface area contributed by atoms with Crippen LogP contribution < -0.4 is 16.0 Å². The summed E-state index contributed by atoms with van der Waals surface area (Å²) in [5, 5.41) is 9.51. The quantitative estimate of drug-likeness (QED) is 0.406. The van der Waals surface area contributed by atoms with Gasteiger partial charge in [-0.05, 0) is 73.2 Å². The molecule has 0 aliphatic carbocycles. The summed E-state index contributed by atoms with van der Waals surface area (Å²) in [5.41, 5.74) is 2.45. The molecular formula is C22H19BrFN3OS. The number of rotatable bonds is 5. The minimum atomic E-state index is -0.556. The van der Waals surface area contributed by atoms with Gasteiger partial charge in [-0.25, -0.2) is 4.39 Å². The number of halogens is 2. The first-order chi connectivity index (χ1) is 13.9. The fourth-order valence-electron chi connectivity index (χ4n) is 2.68. The third-order valence-corrected chi connectivity index (χ3v) is 4.99. The van der Waals surface area contributed by atoms with Gasteiger partial charge in [-0.15, -0.1) is 0 Å². The summed E-state index contributed by atoms with van der Waals surface area (Å²) in [5.74, 6) is -1.05. The number of anilines is 2. The molecule has 0 aromatic heterocycles. The van der Waals surface area contributed by atoms with Crippen molar-refractivity contribution in [2.24, 2.45) is 0 Å². The van der Waals surface area contributed by atoms with Crippen LogP contribution in [-0.2, 0) is 0 Å². The van der Waals surface area contributed by atoms with Gasteiger partial charge in [0.1, 0.15) is 5.82 Å². The van der Waals surface area contributed by atoms with Crippen molar-refractivity contribution in [3.05, 3.63) is 94.2 Å². The van der Waals surface area contributed by atoms with Gasteiger partial charge in [0, 0.05) is 15.8 Å². The van der Waals surface area contributed by atoms with Crippen LogP contribution in [0.4, 0.5) is 15.8 Å². The van der Waals surface area contributed by atoms with Gasteiger partial charge in [0.2, 0.25) is 0 Å². The van der Waals surface area contributed by atoms with Crippen molar-refractivity contribution in [3.8, 4) is 0 Å². The standard InChI is InChI=1S/C22H19BrFN3OS/c1-14(15-6-8-16(23)9-7-15)25-22(29)27-18-12-10-17(11-13-18)26-21(28)19-4-2-3-5-20(19)24/h2-14H,1H3,(H,26,28)(H2,25,27,29)/t14-/m1/s1. The predicted molar refractivity (Wildman–Crippen MR) is 123 cm³/mol. The molecule has 0 bridgehead atoms. The number of nitrogens with one attached hydrogen (secondary N) is 3. The Bertz CT molecular complexity index is 1010. The normalized spacial score (nSPS) is 11.4. The van der Waals surface area contributed by atoms with E-state index < -0.39 is 11.7 Å². The fraction of sp³-hybridized carbons (Fsp3) is 0.0909. The van der Waals surface area contributed by atoms with E-state index in [1.165, 1.54) is 12.1 Å². The van der Waals surface area contributed by atoms with Gasteiger partial charge in [-0.1, -0.05) is 40.2 Å². The molecule has 0 unspecified atom stereocenters. The Morgan fingerprint density at radius 3 is 2.14 bits per heavy atom. The van der Waals surface area contributed by atoms with Gasteiger partial charge in [0.15, 0.2) is 5.11 Å². The number of benzene rings is 3. The van der Waals surface area contributed by atoms with Gasteiger partial charge in [-0.3, -0.25) is 4.79 Å². The lowest BCUT2D eigenvalue weighted by atomic mass is 10.1. The minimum Gasteiger partial charge on any atom is -0.356 e. The van der Waals surface area contributed by atoms with E-state index >= 15 is 0 Å².